The van der Waals surface area contributed by atoms with Crippen LogP contribution in [0.1, 0.15) is 6.92 Å². The Balaban J connectivity index is 2.88. The number of rotatable bonds is 7. The minimum Gasteiger partial charge on any atom is -0.415 e. The van der Waals surface area contributed by atoms with Gasteiger partial charge in [-0.2, -0.15) is 0 Å². The molecule has 1 atom stereocenters. The summed E-state index contributed by atoms with van der Waals surface area (Å²) in [4.78, 5) is 0. The molecular weight excluding hydrogens is 359 g/mol. The first-order valence-corrected chi connectivity index (χ1v) is 9.46. The lowest BCUT2D eigenvalue weighted by atomic mass is 10.3. The van der Waals surface area contributed by atoms with Gasteiger partial charge in [-0.1, -0.05) is 33.6 Å². The topological polar surface area (TPSA) is 35.5 Å². The Hall–Kier alpha value is 0.0700. The smallest absolute Gasteiger partial charge is 0.415 e. The maximum atomic E-state index is 12.4. The molecule has 0 heterocycles. The molecule has 0 aliphatic carbocycles. The molecule has 18 heavy (non-hydrogen) atoms. The van der Waals surface area contributed by atoms with Crippen LogP contribution < -0.4 is 4.52 Å². The highest BCUT2D eigenvalue weighted by atomic mass is 79.9. The van der Waals surface area contributed by atoms with Crippen LogP contribution in [0.15, 0.2) is 35.3 Å². The average Bonchev–Trinajstić information content (AvgIpc) is 2.31. The first-order valence-electron chi connectivity index (χ1n) is 5.15. The highest BCUT2D eigenvalue weighted by Crippen LogP contribution is 2.60. The summed E-state index contributed by atoms with van der Waals surface area (Å²) in [6.07, 6.45) is 1.64. The van der Waals surface area contributed by atoms with Crippen LogP contribution >= 0.6 is 45.7 Å². The van der Waals surface area contributed by atoms with Crippen LogP contribution in [-0.2, 0) is 9.09 Å². The molecule has 0 saturated carbocycles. The number of halogens is 2. The summed E-state index contributed by atoms with van der Waals surface area (Å²) in [7, 11) is 0. The average molecular weight is 372 g/mol. The van der Waals surface area contributed by atoms with Crippen molar-refractivity contribution in [3.05, 3.63) is 40.3 Å². The Labute approximate surface area is 124 Å². The van der Waals surface area contributed by atoms with E-state index in [4.69, 9.17) is 20.6 Å². The van der Waals surface area contributed by atoms with Crippen LogP contribution in [0.3, 0.4) is 0 Å². The minimum atomic E-state index is -3.25. The molecule has 0 aliphatic heterocycles. The van der Waals surface area contributed by atoms with E-state index in [1.165, 1.54) is 0 Å². The summed E-state index contributed by atoms with van der Waals surface area (Å²) >= 11 is 10.4. The van der Waals surface area contributed by atoms with Gasteiger partial charge in [-0.25, -0.2) is 4.57 Å². The molecule has 3 nitrogen and oxygen atoms in total. The largest absolute Gasteiger partial charge is 0.440 e. The van der Waals surface area contributed by atoms with Gasteiger partial charge in [-0.05, 0) is 36.5 Å². The molecule has 7 heteroatoms. The van der Waals surface area contributed by atoms with Crippen LogP contribution in [0.5, 0.6) is 5.75 Å². The zero-order chi connectivity index (χ0) is 13.6. The van der Waals surface area contributed by atoms with E-state index < -0.39 is 6.80 Å². The Kier molecular flexibility index (Phi) is 6.82. The van der Waals surface area contributed by atoms with E-state index in [1.54, 1.807) is 31.2 Å². The third-order valence-electron chi connectivity index (χ3n) is 1.74. The van der Waals surface area contributed by atoms with Crippen molar-refractivity contribution in [3.63, 3.8) is 0 Å². The van der Waals surface area contributed by atoms with E-state index in [0.29, 0.717) is 23.1 Å². The van der Waals surface area contributed by atoms with Crippen molar-refractivity contribution in [2.24, 2.45) is 0 Å². The van der Waals surface area contributed by atoms with Gasteiger partial charge < -0.3 is 4.52 Å². The fourth-order valence-corrected chi connectivity index (χ4v) is 4.81. The summed E-state index contributed by atoms with van der Waals surface area (Å²) in [5.41, 5.74) is 0. The Morgan fingerprint density at radius 3 is 2.89 bits per heavy atom. The van der Waals surface area contributed by atoms with Gasteiger partial charge in [0, 0.05) is 10.2 Å². The highest BCUT2D eigenvalue weighted by Gasteiger charge is 2.27. The second kappa shape index (κ2) is 7.61. The van der Waals surface area contributed by atoms with Crippen molar-refractivity contribution in [3.8, 4) is 5.75 Å². The summed E-state index contributed by atoms with van der Waals surface area (Å²) in [5.74, 6) is 0.819. The van der Waals surface area contributed by atoms with E-state index in [2.05, 4.69) is 22.5 Å². The molecule has 1 unspecified atom stereocenters. The van der Waals surface area contributed by atoms with E-state index in [0.717, 1.165) is 15.9 Å². The minimum absolute atomic E-state index is 0.301. The Bertz CT molecular complexity index is 470. The van der Waals surface area contributed by atoms with Crippen molar-refractivity contribution < 1.29 is 13.6 Å². The van der Waals surface area contributed by atoms with Crippen molar-refractivity contribution in [1.29, 1.82) is 0 Å². The van der Waals surface area contributed by atoms with Gasteiger partial charge in [-0.15, -0.1) is 6.58 Å². The fraction of sp³-hybridized carbons (Fsp3) is 0.273. The summed E-state index contributed by atoms with van der Waals surface area (Å²) in [6, 6.07) is 5.08. The molecule has 0 radical (unpaired) electrons. The van der Waals surface area contributed by atoms with Crippen molar-refractivity contribution in [2.45, 2.75) is 6.92 Å². The predicted molar refractivity (Wildman–Crippen MR) is 81.7 cm³/mol. The predicted octanol–water partition coefficient (Wildman–Crippen LogP) is 5.55. The first-order chi connectivity index (χ1) is 8.50. The van der Waals surface area contributed by atoms with E-state index in [9.17, 15) is 4.57 Å². The maximum absolute atomic E-state index is 12.4. The van der Waals surface area contributed by atoms with E-state index in [-0.39, 0.29) is 0 Å². The molecule has 0 aromatic heterocycles. The lowest BCUT2D eigenvalue weighted by molar-refractivity contribution is 0.296. The second-order valence-electron chi connectivity index (χ2n) is 3.12. The van der Waals surface area contributed by atoms with Gasteiger partial charge in [0.25, 0.3) is 0 Å². The van der Waals surface area contributed by atoms with E-state index >= 15 is 0 Å². The lowest BCUT2D eigenvalue weighted by Gasteiger charge is -2.17. The van der Waals surface area contributed by atoms with Gasteiger partial charge in [0.2, 0.25) is 0 Å². The third kappa shape index (κ3) is 4.98. The van der Waals surface area contributed by atoms with Crippen LogP contribution in [0.4, 0.5) is 0 Å². The third-order valence-corrected chi connectivity index (χ3v) is 6.16. The van der Waals surface area contributed by atoms with Crippen LogP contribution in [-0.4, -0.2) is 12.4 Å². The molecule has 1 aromatic rings. The number of benzene rings is 1. The standard InChI is InChI=1S/C11H13BrClO3PS/c1-3-7-18-17(14,15-4-2)16-11-6-5-9(12)8-10(11)13/h3,5-6,8H,1,4,7H2,2H3. The summed E-state index contributed by atoms with van der Waals surface area (Å²) < 4.78 is 23.8. The summed E-state index contributed by atoms with van der Waals surface area (Å²) in [5, 5.41) is 0.378. The highest BCUT2D eigenvalue weighted by molar-refractivity contribution is 9.10. The molecule has 100 valence electrons. The van der Waals surface area contributed by atoms with Crippen LogP contribution in [0, 0.1) is 0 Å². The molecule has 0 fully saturated rings. The normalized spacial score (nSPS) is 13.9. The van der Waals surface area contributed by atoms with Crippen molar-refractivity contribution in [2.75, 3.05) is 12.4 Å². The zero-order valence-corrected chi connectivity index (χ0v) is 13.8. The number of hydrogen-bond acceptors (Lipinski definition) is 4. The quantitative estimate of drug-likeness (QED) is 0.465. The molecule has 1 aromatic carbocycles. The maximum Gasteiger partial charge on any atom is 0.440 e. The van der Waals surface area contributed by atoms with Crippen LogP contribution in [0.2, 0.25) is 5.02 Å². The molecule has 0 spiro atoms. The molecule has 0 saturated heterocycles. The molecule has 0 aliphatic rings. The molecular formula is C11H13BrClO3PS. The van der Waals surface area contributed by atoms with E-state index in [1.807, 2.05) is 0 Å². The van der Waals surface area contributed by atoms with Gasteiger partial charge in [0.05, 0.1) is 11.6 Å². The van der Waals surface area contributed by atoms with Gasteiger partial charge >= 0.3 is 6.80 Å². The zero-order valence-electron chi connectivity index (χ0n) is 9.77. The molecule has 1 rings (SSSR count). The number of hydrogen-bond donors (Lipinski definition) is 0. The molecule has 0 N–H and O–H groups in total. The molecule has 0 amide bonds. The monoisotopic (exact) mass is 370 g/mol. The van der Waals surface area contributed by atoms with Gasteiger partial charge in [0.1, 0.15) is 5.75 Å². The van der Waals surface area contributed by atoms with Gasteiger partial charge in [0.15, 0.2) is 0 Å². The van der Waals surface area contributed by atoms with Gasteiger partial charge in [-0.3, -0.25) is 4.52 Å². The first kappa shape index (κ1) is 16.1. The summed E-state index contributed by atoms with van der Waals surface area (Å²) in [6.45, 7) is 2.38. The molecule has 0 bridgehead atoms. The van der Waals surface area contributed by atoms with Crippen molar-refractivity contribution in [1.82, 2.24) is 0 Å². The van der Waals surface area contributed by atoms with Crippen LogP contribution in [0.25, 0.3) is 0 Å². The SMILES string of the molecule is C=CCSP(=O)(OCC)Oc1ccc(Br)cc1Cl. The van der Waals surface area contributed by atoms with Crippen molar-refractivity contribution >= 4 is 45.7 Å². The Morgan fingerprint density at radius 1 is 1.61 bits per heavy atom. The second-order valence-corrected chi connectivity index (χ2v) is 8.48. The lowest BCUT2D eigenvalue weighted by Crippen LogP contribution is -1.96. The Morgan fingerprint density at radius 2 is 2.33 bits per heavy atom. The fourth-order valence-electron chi connectivity index (χ4n) is 1.06.